The molecule has 0 unspecified atom stereocenters. The first-order valence-electron chi connectivity index (χ1n) is 7.16. The van der Waals surface area contributed by atoms with Crippen LogP contribution in [0, 0.1) is 6.92 Å². The lowest BCUT2D eigenvalue weighted by Crippen LogP contribution is -2.50. The van der Waals surface area contributed by atoms with Crippen molar-refractivity contribution in [3.63, 3.8) is 0 Å². The summed E-state index contributed by atoms with van der Waals surface area (Å²) < 4.78 is 11.1. The minimum atomic E-state index is -0.159. The zero-order valence-corrected chi connectivity index (χ0v) is 16.5. The van der Waals surface area contributed by atoms with E-state index < -0.39 is 0 Å². The molecule has 8 heteroatoms. The summed E-state index contributed by atoms with van der Waals surface area (Å²) in [6.45, 7) is 4.96. The van der Waals surface area contributed by atoms with Crippen LogP contribution in [0.15, 0.2) is 11.2 Å². The quantitative estimate of drug-likeness (QED) is 0.416. The second-order valence-corrected chi connectivity index (χ2v) is 6.46. The third-order valence-corrected chi connectivity index (χ3v) is 4.63. The number of thiazole rings is 1. The summed E-state index contributed by atoms with van der Waals surface area (Å²) in [7, 11) is 3.54. The first-order chi connectivity index (χ1) is 10.2. The molecule has 2 rings (SSSR count). The number of nitrogens with one attached hydrogen (secondary N) is 2. The van der Waals surface area contributed by atoms with E-state index in [0.29, 0.717) is 6.54 Å². The fourth-order valence-electron chi connectivity index (χ4n) is 2.30. The van der Waals surface area contributed by atoms with Gasteiger partial charge in [0.15, 0.2) is 5.96 Å². The number of ether oxygens (including phenoxy) is 2. The second-order valence-electron chi connectivity index (χ2n) is 5.14. The molecule has 1 aliphatic heterocycles. The smallest absolute Gasteiger partial charge is 0.191 e. The van der Waals surface area contributed by atoms with Gasteiger partial charge >= 0.3 is 0 Å². The van der Waals surface area contributed by atoms with Crippen molar-refractivity contribution < 1.29 is 9.47 Å². The number of halogens is 1. The molecule has 0 aromatic carbocycles. The van der Waals surface area contributed by atoms with Crippen LogP contribution in [0.3, 0.4) is 0 Å². The van der Waals surface area contributed by atoms with E-state index in [2.05, 4.69) is 27.5 Å². The van der Waals surface area contributed by atoms with E-state index in [0.717, 1.165) is 43.6 Å². The van der Waals surface area contributed by atoms with Crippen molar-refractivity contribution >= 4 is 41.3 Å². The minimum Gasteiger partial charge on any atom is -0.381 e. The lowest BCUT2D eigenvalue weighted by atomic mass is 9.94. The molecule has 1 saturated heterocycles. The summed E-state index contributed by atoms with van der Waals surface area (Å²) in [5, 5.41) is 7.68. The largest absolute Gasteiger partial charge is 0.381 e. The molecule has 0 bridgehead atoms. The molecule has 1 aromatic heterocycles. The number of nitrogens with zero attached hydrogens (tertiary/aromatic N) is 2. The molecule has 126 valence electrons. The van der Waals surface area contributed by atoms with Crippen LogP contribution in [0.4, 0.5) is 0 Å². The topological polar surface area (TPSA) is 67.8 Å². The molecule has 6 nitrogen and oxygen atoms in total. The van der Waals surface area contributed by atoms with E-state index >= 15 is 0 Å². The molecule has 1 aliphatic rings. The molecule has 1 fully saturated rings. The summed E-state index contributed by atoms with van der Waals surface area (Å²) in [6.07, 6.45) is 3.69. The van der Waals surface area contributed by atoms with Crippen LogP contribution in [0.5, 0.6) is 0 Å². The van der Waals surface area contributed by atoms with Crippen molar-refractivity contribution in [2.45, 2.75) is 31.9 Å². The third-order valence-electron chi connectivity index (χ3n) is 3.71. The minimum absolute atomic E-state index is 0. The number of rotatable bonds is 5. The fourth-order valence-corrected chi connectivity index (χ4v) is 3.03. The van der Waals surface area contributed by atoms with Gasteiger partial charge in [0.2, 0.25) is 0 Å². The maximum atomic E-state index is 5.70. The number of hydrogen-bond acceptors (Lipinski definition) is 5. The summed E-state index contributed by atoms with van der Waals surface area (Å²) in [6, 6.07) is 0. The second kappa shape index (κ2) is 9.64. The number of aryl methyl sites for hydroxylation is 1. The maximum absolute atomic E-state index is 5.70. The Labute approximate surface area is 153 Å². The van der Waals surface area contributed by atoms with Gasteiger partial charge in [-0.25, -0.2) is 4.98 Å². The summed E-state index contributed by atoms with van der Waals surface area (Å²) in [4.78, 5) is 9.80. The summed E-state index contributed by atoms with van der Waals surface area (Å²) >= 11 is 1.69. The normalized spacial score (nSPS) is 17.7. The Balaban J connectivity index is 0.00000242. The molecule has 0 atom stereocenters. The average Bonchev–Trinajstić information content (AvgIpc) is 2.94. The molecule has 0 aliphatic carbocycles. The molecule has 2 N–H and O–H groups in total. The van der Waals surface area contributed by atoms with Gasteiger partial charge < -0.3 is 20.1 Å². The molecule has 1 aromatic rings. The van der Waals surface area contributed by atoms with Gasteiger partial charge in [-0.05, 0) is 6.92 Å². The molecular formula is C14H25IN4O2S. The Hall–Kier alpha value is -0.450. The first-order valence-corrected chi connectivity index (χ1v) is 7.98. The molecule has 0 amide bonds. The molecule has 0 radical (unpaired) electrons. The van der Waals surface area contributed by atoms with E-state index in [1.54, 1.807) is 25.5 Å². The van der Waals surface area contributed by atoms with Gasteiger partial charge in [0.25, 0.3) is 0 Å². The van der Waals surface area contributed by atoms with E-state index in [1.807, 2.05) is 6.20 Å². The fraction of sp³-hybridized carbons (Fsp3) is 0.714. The number of aromatic nitrogens is 1. The van der Waals surface area contributed by atoms with Gasteiger partial charge in [-0.3, -0.25) is 4.99 Å². The number of guanidine groups is 1. The molecule has 2 heterocycles. The first kappa shape index (κ1) is 19.6. The predicted octanol–water partition coefficient (Wildman–Crippen LogP) is 1.93. The Bertz CT molecular complexity index is 475. The molecule has 0 spiro atoms. The Morgan fingerprint density at radius 3 is 2.73 bits per heavy atom. The molecule has 22 heavy (non-hydrogen) atoms. The number of methoxy groups -OCH3 is 1. The van der Waals surface area contributed by atoms with Crippen LogP contribution in [0.2, 0.25) is 0 Å². The summed E-state index contributed by atoms with van der Waals surface area (Å²) in [5.74, 6) is 0.769. The van der Waals surface area contributed by atoms with Gasteiger partial charge in [0.1, 0.15) is 5.01 Å². The highest BCUT2D eigenvalue weighted by molar-refractivity contribution is 14.0. The zero-order valence-electron chi connectivity index (χ0n) is 13.3. The highest BCUT2D eigenvalue weighted by Gasteiger charge is 2.32. The van der Waals surface area contributed by atoms with Crippen molar-refractivity contribution in [1.82, 2.24) is 15.6 Å². The van der Waals surface area contributed by atoms with Gasteiger partial charge in [0.05, 0.1) is 12.1 Å². The van der Waals surface area contributed by atoms with Gasteiger partial charge in [0, 0.05) is 57.8 Å². The van der Waals surface area contributed by atoms with Crippen LogP contribution in [-0.4, -0.2) is 50.5 Å². The van der Waals surface area contributed by atoms with Gasteiger partial charge in [-0.1, -0.05) is 0 Å². The van der Waals surface area contributed by atoms with Crippen molar-refractivity contribution in [3.05, 3.63) is 16.1 Å². The predicted molar refractivity (Wildman–Crippen MR) is 100 cm³/mol. The average molecular weight is 440 g/mol. The standard InChI is InChI=1S/C14H24N4O2S.HI/c1-11-8-16-12(21-11)9-17-13(15-2)18-10-14(19-3)4-6-20-7-5-14;/h8H,4-7,9-10H2,1-3H3,(H2,15,17,18);1H. The maximum Gasteiger partial charge on any atom is 0.191 e. The van der Waals surface area contributed by atoms with E-state index in [9.17, 15) is 0 Å². The summed E-state index contributed by atoms with van der Waals surface area (Å²) in [5.41, 5.74) is -0.159. The number of aliphatic imine (C=N–C) groups is 1. The van der Waals surface area contributed by atoms with Crippen molar-refractivity contribution in [2.24, 2.45) is 4.99 Å². The van der Waals surface area contributed by atoms with Crippen LogP contribution < -0.4 is 10.6 Å². The van der Waals surface area contributed by atoms with E-state index in [4.69, 9.17) is 9.47 Å². The van der Waals surface area contributed by atoms with Crippen LogP contribution >= 0.6 is 35.3 Å². The Morgan fingerprint density at radius 2 is 2.18 bits per heavy atom. The third kappa shape index (κ3) is 5.64. The number of hydrogen-bond donors (Lipinski definition) is 2. The van der Waals surface area contributed by atoms with Crippen molar-refractivity contribution in [2.75, 3.05) is 33.9 Å². The van der Waals surface area contributed by atoms with Crippen molar-refractivity contribution in [3.8, 4) is 0 Å². The Morgan fingerprint density at radius 1 is 1.45 bits per heavy atom. The zero-order chi connectivity index (χ0) is 15.1. The molecular weight excluding hydrogens is 415 g/mol. The van der Waals surface area contributed by atoms with E-state index in [1.165, 1.54) is 4.88 Å². The van der Waals surface area contributed by atoms with Crippen LogP contribution in [-0.2, 0) is 16.0 Å². The van der Waals surface area contributed by atoms with Crippen LogP contribution in [0.25, 0.3) is 0 Å². The Kier molecular flexibility index (Phi) is 8.58. The van der Waals surface area contributed by atoms with Crippen LogP contribution in [0.1, 0.15) is 22.7 Å². The lowest BCUT2D eigenvalue weighted by Gasteiger charge is -2.36. The SMILES string of the molecule is CN=C(NCc1ncc(C)s1)NCC1(OC)CCOCC1.I. The van der Waals surface area contributed by atoms with E-state index in [-0.39, 0.29) is 29.6 Å². The lowest BCUT2D eigenvalue weighted by molar-refractivity contribution is -0.0855. The van der Waals surface area contributed by atoms with Gasteiger partial charge in [-0.2, -0.15) is 0 Å². The highest BCUT2D eigenvalue weighted by atomic mass is 127. The van der Waals surface area contributed by atoms with Gasteiger partial charge in [-0.15, -0.1) is 35.3 Å². The van der Waals surface area contributed by atoms with Crippen molar-refractivity contribution in [1.29, 1.82) is 0 Å². The monoisotopic (exact) mass is 440 g/mol. The molecule has 0 saturated carbocycles. The highest BCUT2D eigenvalue weighted by Crippen LogP contribution is 2.23.